The zero-order valence-corrected chi connectivity index (χ0v) is 11.9. The van der Waals surface area contributed by atoms with E-state index in [4.69, 9.17) is 5.73 Å². The van der Waals surface area contributed by atoms with Gasteiger partial charge in [0, 0.05) is 23.0 Å². The molecule has 0 aliphatic carbocycles. The van der Waals surface area contributed by atoms with Crippen LogP contribution in [-0.2, 0) is 0 Å². The first kappa shape index (κ1) is 13.8. The molecule has 3 N–H and O–H groups in total. The average Bonchev–Trinajstić information content (AvgIpc) is 2.51. The number of aryl methyl sites for hydroxylation is 1. The molecule has 0 saturated carbocycles. The van der Waals surface area contributed by atoms with Crippen LogP contribution < -0.4 is 11.1 Å². The third kappa shape index (κ3) is 2.42. The van der Waals surface area contributed by atoms with Crippen LogP contribution in [-0.4, -0.2) is 4.98 Å². The number of halogens is 1. The molecule has 0 unspecified atom stereocenters. The van der Waals surface area contributed by atoms with E-state index in [0.29, 0.717) is 28.2 Å². The van der Waals surface area contributed by atoms with Gasteiger partial charge in [-0.25, -0.2) is 4.39 Å². The van der Waals surface area contributed by atoms with Crippen molar-refractivity contribution in [3.8, 4) is 6.07 Å². The van der Waals surface area contributed by atoms with Crippen molar-refractivity contribution in [1.29, 1.82) is 5.26 Å². The SMILES string of the molecule is Cc1cc(Nc2c(C#N)cnc3ccc(N)cc23)ccc1F. The summed E-state index contributed by atoms with van der Waals surface area (Å²) in [4.78, 5) is 4.25. The molecule has 3 aromatic rings. The van der Waals surface area contributed by atoms with Gasteiger partial charge in [0.2, 0.25) is 0 Å². The molecule has 0 amide bonds. The molecule has 0 spiro atoms. The lowest BCUT2D eigenvalue weighted by atomic mass is 10.1. The number of anilines is 3. The first-order valence-corrected chi connectivity index (χ1v) is 6.70. The summed E-state index contributed by atoms with van der Waals surface area (Å²) < 4.78 is 13.4. The Balaban J connectivity index is 2.17. The smallest absolute Gasteiger partial charge is 0.126 e. The molecule has 0 aliphatic heterocycles. The number of nitrogens with two attached hydrogens (primary N) is 1. The molecule has 0 saturated heterocycles. The first-order chi connectivity index (χ1) is 10.6. The van der Waals surface area contributed by atoms with Gasteiger partial charge in [0.05, 0.1) is 16.8 Å². The fourth-order valence-corrected chi connectivity index (χ4v) is 2.30. The van der Waals surface area contributed by atoms with E-state index in [1.807, 2.05) is 0 Å². The summed E-state index contributed by atoms with van der Waals surface area (Å²) in [6.45, 7) is 1.69. The second-order valence-corrected chi connectivity index (χ2v) is 5.02. The maximum absolute atomic E-state index is 13.4. The van der Waals surface area contributed by atoms with Gasteiger partial charge < -0.3 is 11.1 Å². The summed E-state index contributed by atoms with van der Waals surface area (Å²) in [6, 6.07) is 12.1. The number of hydrogen-bond donors (Lipinski definition) is 2. The zero-order chi connectivity index (χ0) is 15.7. The third-order valence-electron chi connectivity index (χ3n) is 3.44. The summed E-state index contributed by atoms with van der Waals surface area (Å²) >= 11 is 0. The highest BCUT2D eigenvalue weighted by molar-refractivity contribution is 5.97. The number of benzene rings is 2. The van der Waals surface area contributed by atoms with E-state index < -0.39 is 0 Å². The maximum Gasteiger partial charge on any atom is 0.126 e. The van der Waals surface area contributed by atoms with Crippen LogP contribution in [0.4, 0.5) is 21.5 Å². The number of pyridine rings is 1. The number of hydrogen-bond acceptors (Lipinski definition) is 4. The number of nitriles is 1. The van der Waals surface area contributed by atoms with Crippen molar-refractivity contribution < 1.29 is 4.39 Å². The molecule has 0 radical (unpaired) electrons. The Morgan fingerprint density at radius 1 is 1.23 bits per heavy atom. The lowest BCUT2D eigenvalue weighted by molar-refractivity contribution is 0.619. The summed E-state index contributed by atoms with van der Waals surface area (Å²) in [5, 5.41) is 13.2. The Bertz CT molecular complexity index is 912. The molecule has 1 heterocycles. The van der Waals surface area contributed by atoms with Crippen LogP contribution in [0.25, 0.3) is 10.9 Å². The van der Waals surface area contributed by atoms with Crippen molar-refractivity contribution in [2.24, 2.45) is 0 Å². The van der Waals surface area contributed by atoms with Crippen molar-refractivity contribution in [1.82, 2.24) is 4.98 Å². The fourth-order valence-electron chi connectivity index (χ4n) is 2.30. The normalized spacial score (nSPS) is 10.4. The van der Waals surface area contributed by atoms with E-state index in [1.165, 1.54) is 12.3 Å². The summed E-state index contributed by atoms with van der Waals surface area (Å²) in [5.41, 5.74) is 9.40. The zero-order valence-electron chi connectivity index (χ0n) is 11.9. The number of aromatic nitrogens is 1. The Kier molecular flexibility index (Phi) is 3.36. The summed E-state index contributed by atoms with van der Waals surface area (Å²) in [7, 11) is 0. The topological polar surface area (TPSA) is 74.7 Å². The van der Waals surface area contributed by atoms with E-state index >= 15 is 0 Å². The van der Waals surface area contributed by atoms with Gasteiger partial charge in [-0.1, -0.05) is 0 Å². The predicted molar refractivity (Wildman–Crippen MR) is 85.3 cm³/mol. The second kappa shape index (κ2) is 5.34. The highest BCUT2D eigenvalue weighted by atomic mass is 19.1. The van der Waals surface area contributed by atoms with E-state index in [9.17, 15) is 9.65 Å². The average molecular weight is 292 g/mol. The van der Waals surface area contributed by atoms with Crippen LogP contribution >= 0.6 is 0 Å². The first-order valence-electron chi connectivity index (χ1n) is 6.70. The van der Waals surface area contributed by atoms with E-state index in [0.717, 1.165) is 10.9 Å². The summed E-state index contributed by atoms with van der Waals surface area (Å²) in [6.07, 6.45) is 1.51. The summed E-state index contributed by atoms with van der Waals surface area (Å²) in [5.74, 6) is -0.269. The lowest BCUT2D eigenvalue weighted by Gasteiger charge is -2.12. The van der Waals surface area contributed by atoms with E-state index in [-0.39, 0.29) is 5.82 Å². The van der Waals surface area contributed by atoms with E-state index in [2.05, 4.69) is 16.4 Å². The van der Waals surface area contributed by atoms with Gasteiger partial charge in [0.1, 0.15) is 11.9 Å². The van der Waals surface area contributed by atoms with Crippen molar-refractivity contribution in [2.45, 2.75) is 6.92 Å². The van der Waals surface area contributed by atoms with Gasteiger partial charge in [-0.2, -0.15) is 5.26 Å². The monoisotopic (exact) mass is 292 g/mol. The van der Waals surface area contributed by atoms with Crippen LogP contribution in [0.15, 0.2) is 42.6 Å². The molecular formula is C17H13FN4. The minimum atomic E-state index is -0.269. The van der Waals surface area contributed by atoms with Crippen molar-refractivity contribution in [3.63, 3.8) is 0 Å². The fraction of sp³-hybridized carbons (Fsp3) is 0.0588. The largest absolute Gasteiger partial charge is 0.399 e. The van der Waals surface area contributed by atoms with Gasteiger partial charge in [0.15, 0.2) is 0 Å². The molecule has 3 rings (SSSR count). The van der Waals surface area contributed by atoms with Crippen LogP contribution in [0.2, 0.25) is 0 Å². The molecule has 0 fully saturated rings. The molecule has 108 valence electrons. The molecule has 22 heavy (non-hydrogen) atoms. The minimum Gasteiger partial charge on any atom is -0.399 e. The van der Waals surface area contributed by atoms with Crippen LogP contribution in [0.3, 0.4) is 0 Å². The number of nitrogens with one attached hydrogen (secondary N) is 1. The number of fused-ring (bicyclic) bond motifs is 1. The van der Waals surface area contributed by atoms with Crippen LogP contribution in [0, 0.1) is 24.1 Å². The molecular weight excluding hydrogens is 279 g/mol. The van der Waals surface area contributed by atoms with Gasteiger partial charge in [0.25, 0.3) is 0 Å². The highest BCUT2D eigenvalue weighted by Crippen LogP contribution is 2.30. The quantitative estimate of drug-likeness (QED) is 0.703. The standard InChI is InChI=1S/C17H13FN4/c1-10-6-13(3-4-15(10)18)22-17-11(8-19)9-21-16-5-2-12(20)7-14(16)17/h2-7,9H,20H2,1H3,(H,21,22). The van der Waals surface area contributed by atoms with Gasteiger partial charge in [-0.05, 0) is 48.9 Å². The van der Waals surface area contributed by atoms with Crippen molar-refractivity contribution in [2.75, 3.05) is 11.1 Å². The Labute approximate surface area is 127 Å². The minimum absolute atomic E-state index is 0.269. The maximum atomic E-state index is 13.4. The number of rotatable bonds is 2. The Hall–Kier alpha value is -3.13. The lowest BCUT2D eigenvalue weighted by Crippen LogP contribution is -1.98. The Morgan fingerprint density at radius 3 is 2.77 bits per heavy atom. The number of nitrogens with zero attached hydrogens (tertiary/aromatic N) is 2. The van der Waals surface area contributed by atoms with Crippen LogP contribution in [0.5, 0.6) is 0 Å². The molecule has 1 aromatic heterocycles. The molecule has 0 aliphatic rings. The highest BCUT2D eigenvalue weighted by Gasteiger charge is 2.10. The number of nitrogen functional groups attached to an aromatic ring is 1. The second-order valence-electron chi connectivity index (χ2n) is 5.02. The molecule has 5 heteroatoms. The molecule has 0 atom stereocenters. The van der Waals surface area contributed by atoms with Gasteiger partial charge >= 0.3 is 0 Å². The predicted octanol–water partition coefficient (Wildman–Crippen LogP) is 3.88. The molecule has 2 aromatic carbocycles. The van der Waals surface area contributed by atoms with Crippen molar-refractivity contribution in [3.05, 3.63) is 59.5 Å². The van der Waals surface area contributed by atoms with E-state index in [1.54, 1.807) is 37.3 Å². The third-order valence-corrected chi connectivity index (χ3v) is 3.44. The molecule has 0 bridgehead atoms. The van der Waals surface area contributed by atoms with Gasteiger partial charge in [-0.15, -0.1) is 0 Å². The Morgan fingerprint density at radius 2 is 2.05 bits per heavy atom. The van der Waals surface area contributed by atoms with Crippen LogP contribution in [0.1, 0.15) is 11.1 Å². The molecule has 4 nitrogen and oxygen atoms in total. The van der Waals surface area contributed by atoms with Crippen molar-refractivity contribution >= 4 is 28.0 Å². The van der Waals surface area contributed by atoms with Gasteiger partial charge in [-0.3, -0.25) is 4.98 Å².